The molecule has 1 aliphatic rings. The van der Waals surface area contributed by atoms with Gasteiger partial charge in [0, 0.05) is 6.04 Å². The van der Waals surface area contributed by atoms with Gasteiger partial charge in [-0.05, 0) is 55.5 Å². The average molecular weight is 295 g/mol. The minimum atomic E-state index is 0.271. The molecular formula is C20H25NO. The number of benzene rings is 2. The van der Waals surface area contributed by atoms with Crippen molar-refractivity contribution in [3.8, 4) is 5.75 Å². The second-order valence-electron chi connectivity index (χ2n) is 6.30. The molecule has 0 fully saturated rings. The van der Waals surface area contributed by atoms with Crippen LogP contribution in [0.3, 0.4) is 0 Å². The molecule has 1 heterocycles. The maximum absolute atomic E-state index is 6.01. The summed E-state index contributed by atoms with van der Waals surface area (Å²) in [4.78, 5) is 0. The van der Waals surface area contributed by atoms with Crippen LogP contribution in [-0.4, -0.2) is 12.6 Å². The van der Waals surface area contributed by atoms with E-state index < -0.39 is 0 Å². The zero-order valence-corrected chi connectivity index (χ0v) is 13.7. The fraction of sp³-hybridized carbons (Fsp3) is 0.400. The van der Waals surface area contributed by atoms with Gasteiger partial charge < -0.3 is 10.1 Å². The number of hydrogen-bond donors (Lipinski definition) is 1. The molecule has 0 radical (unpaired) electrons. The third kappa shape index (κ3) is 3.17. The van der Waals surface area contributed by atoms with E-state index in [4.69, 9.17) is 4.74 Å². The fourth-order valence-corrected chi connectivity index (χ4v) is 3.40. The highest BCUT2D eigenvalue weighted by Gasteiger charge is 2.27. The van der Waals surface area contributed by atoms with Gasteiger partial charge >= 0.3 is 0 Å². The highest BCUT2D eigenvalue weighted by Crippen LogP contribution is 2.30. The van der Waals surface area contributed by atoms with Crippen molar-refractivity contribution in [2.24, 2.45) is 0 Å². The summed E-state index contributed by atoms with van der Waals surface area (Å²) in [7, 11) is 0. The lowest BCUT2D eigenvalue weighted by molar-refractivity contribution is 0.242. The first kappa shape index (κ1) is 15.1. The highest BCUT2D eigenvalue weighted by atomic mass is 16.5. The molecule has 0 aliphatic carbocycles. The van der Waals surface area contributed by atoms with Crippen LogP contribution in [0, 0.1) is 13.8 Å². The number of fused-ring (bicyclic) bond motifs is 1. The van der Waals surface area contributed by atoms with E-state index in [0.29, 0.717) is 12.6 Å². The molecule has 2 atom stereocenters. The third-order valence-electron chi connectivity index (χ3n) is 4.57. The molecule has 0 aromatic heterocycles. The lowest BCUT2D eigenvalue weighted by atomic mass is 9.85. The van der Waals surface area contributed by atoms with E-state index in [1.54, 1.807) is 0 Å². The van der Waals surface area contributed by atoms with Crippen LogP contribution in [0.1, 0.15) is 41.6 Å². The van der Waals surface area contributed by atoms with Crippen molar-refractivity contribution < 1.29 is 4.74 Å². The van der Waals surface area contributed by atoms with Crippen LogP contribution in [0.4, 0.5) is 0 Å². The number of aryl methyl sites for hydroxylation is 2. The first-order valence-corrected chi connectivity index (χ1v) is 8.21. The third-order valence-corrected chi connectivity index (χ3v) is 4.57. The maximum atomic E-state index is 6.01. The van der Waals surface area contributed by atoms with Crippen LogP contribution in [0.5, 0.6) is 5.75 Å². The van der Waals surface area contributed by atoms with Crippen molar-refractivity contribution in [3.05, 3.63) is 64.7 Å². The molecule has 116 valence electrons. The lowest BCUT2D eigenvalue weighted by Crippen LogP contribution is -2.41. The predicted molar refractivity (Wildman–Crippen MR) is 91.5 cm³/mol. The van der Waals surface area contributed by atoms with Crippen molar-refractivity contribution in [2.75, 3.05) is 6.61 Å². The van der Waals surface area contributed by atoms with Gasteiger partial charge in [0.1, 0.15) is 12.4 Å². The minimum Gasteiger partial charge on any atom is -0.492 e. The average Bonchev–Trinajstić information content (AvgIpc) is 2.53. The Morgan fingerprint density at radius 1 is 1.14 bits per heavy atom. The van der Waals surface area contributed by atoms with Crippen LogP contribution in [0.2, 0.25) is 0 Å². The zero-order chi connectivity index (χ0) is 15.5. The Bertz CT molecular complexity index is 636. The van der Waals surface area contributed by atoms with E-state index in [-0.39, 0.29) is 6.04 Å². The maximum Gasteiger partial charge on any atom is 0.119 e. The topological polar surface area (TPSA) is 21.3 Å². The molecule has 0 spiro atoms. The van der Waals surface area contributed by atoms with Crippen molar-refractivity contribution in [1.29, 1.82) is 0 Å². The molecule has 1 aliphatic heterocycles. The van der Waals surface area contributed by atoms with Crippen molar-refractivity contribution in [1.82, 2.24) is 5.32 Å². The Balaban J connectivity index is 1.84. The van der Waals surface area contributed by atoms with Gasteiger partial charge in [-0.3, -0.25) is 0 Å². The number of ether oxygens (including phenoxy) is 1. The highest BCUT2D eigenvalue weighted by molar-refractivity contribution is 5.42. The molecule has 2 nitrogen and oxygen atoms in total. The van der Waals surface area contributed by atoms with E-state index >= 15 is 0 Å². The Kier molecular flexibility index (Phi) is 4.49. The molecule has 2 unspecified atom stereocenters. The van der Waals surface area contributed by atoms with E-state index in [1.807, 2.05) is 30.3 Å². The fourth-order valence-electron chi connectivity index (χ4n) is 3.40. The summed E-state index contributed by atoms with van der Waals surface area (Å²) in [5.41, 5.74) is 5.67. The molecule has 3 rings (SSSR count). The van der Waals surface area contributed by atoms with Crippen LogP contribution >= 0.6 is 0 Å². The molecule has 2 aromatic carbocycles. The van der Waals surface area contributed by atoms with Crippen molar-refractivity contribution in [2.45, 2.75) is 45.7 Å². The summed E-state index contributed by atoms with van der Waals surface area (Å²) in [5, 5.41) is 3.76. The Morgan fingerprint density at radius 3 is 2.64 bits per heavy atom. The Hall–Kier alpha value is -1.80. The van der Waals surface area contributed by atoms with Gasteiger partial charge in [-0.2, -0.15) is 0 Å². The SMILES string of the molecule is CCC1Cc2c(C)cc(C)cc2C(COc2ccccc2)N1. The van der Waals surface area contributed by atoms with Crippen LogP contribution in [0.25, 0.3) is 0 Å². The largest absolute Gasteiger partial charge is 0.492 e. The van der Waals surface area contributed by atoms with Gasteiger partial charge in [-0.1, -0.05) is 42.8 Å². The van der Waals surface area contributed by atoms with Crippen LogP contribution in [-0.2, 0) is 6.42 Å². The molecule has 2 heteroatoms. The smallest absolute Gasteiger partial charge is 0.119 e. The number of rotatable bonds is 4. The Morgan fingerprint density at radius 2 is 1.91 bits per heavy atom. The summed E-state index contributed by atoms with van der Waals surface area (Å²) in [6.07, 6.45) is 2.27. The van der Waals surface area contributed by atoms with Crippen molar-refractivity contribution >= 4 is 0 Å². The van der Waals surface area contributed by atoms with Gasteiger partial charge in [0.15, 0.2) is 0 Å². The van der Waals surface area contributed by atoms with Gasteiger partial charge in [0.25, 0.3) is 0 Å². The quantitative estimate of drug-likeness (QED) is 0.905. The van der Waals surface area contributed by atoms with E-state index in [9.17, 15) is 0 Å². The molecule has 22 heavy (non-hydrogen) atoms. The molecule has 0 saturated carbocycles. The van der Waals surface area contributed by atoms with Crippen molar-refractivity contribution in [3.63, 3.8) is 0 Å². The second kappa shape index (κ2) is 6.53. The molecule has 2 aromatic rings. The first-order valence-electron chi connectivity index (χ1n) is 8.21. The van der Waals surface area contributed by atoms with E-state index in [2.05, 4.69) is 38.2 Å². The summed E-state index contributed by atoms with van der Waals surface area (Å²) >= 11 is 0. The Labute approximate surface area is 133 Å². The molecular weight excluding hydrogens is 270 g/mol. The number of nitrogens with one attached hydrogen (secondary N) is 1. The van der Waals surface area contributed by atoms with Crippen LogP contribution in [0.15, 0.2) is 42.5 Å². The van der Waals surface area contributed by atoms with E-state index in [1.165, 1.54) is 22.3 Å². The zero-order valence-electron chi connectivity index (χ0n) is 13.7. The monoisotopic (exact) mass is 295 g/mol. The molecule has 1 N–H and O–H groups in total. The van der Waals surface area contributed by atoms with Gasteiger partial charge in [-0.15, -0.1) is 0 Å². The lowest BCUT2D eigenvalue weighted by Gasteiger charge is -2.34. The van der Waals surface area contributed by atoms with Gasteiger partial charge in [0.2, 0.25) is 0 Å². The number of hydrogen-bond acceptors (Lipinski definition) is 2. The van der Waals surface area contributed by atoms with Gasteiger partial charge in [0.05, 0.1) is 6.04 Å². The first-order chi connectivity index (χ1) is 10.7. The van der Waals surface area contributed by atoms with Gasteiger partial charge in [-0.25, -0.2) is 0 Å². The molecule has 0 bridgehead atoms. The van der Waals surface area contributed by atoms with E-state index in [0.717, 1.165) is 18.6 Å². The molecule has 0 saturated heterocycles. The summed E-state index contributed by atoms with van der Waals surface area (Å²) < 4.78 is 6.01. The summed E-state index contributed by atoms with van der Waals surface area (Å²) in [6, 6.07) is 15.5. The molecule has 0 amide bonds. The normalized spacial score (nSPS) is 20.5. The summed E-state index contributed by atoms with van der Waals surface area (Å²) in [5.74, 6) is 0.939. The standard InChI is InChI=1S/C20H25NO/c1-4-16-12-18-15(3)10-14(2)11-19(18)20(21-16)13-22-17-8-6-5-7-9-17/h5-11,16,20-21H,4,12-13H2,1-3H3. The minimum absolute atomic E-state index is 0.271. The van der Waals surface area contributed by atoms with Crippen LogP contribution < -0.4 is 10.1 Å². The summed E-state index contributed by atoms with van der Waals surface area (Å²) in [6.45, 7) is 7.34. The second-order valence-corrected chi connectivity index (χ2v) is 6.30. The predicted octanol–water partition coefficient (Wildman–Crippen LogP) is 4.35. The number of para-hydroxylation sites is 1.